The van der Waals surface area contributed by atoms with Gasteiger partial charge in [-0.2, -0.15) is 0 Å². The van der Waals surface area contributed by atoms with Gasteiger partial charge in [0.05, 0.1) is 24.2 Å². The third-order valence-corrected chi connectivity index (χ3v) is 3.03. The largest absolute Gasteiger partial charge is 0.379 e. The highest BCUT2D eigenvalue weighted by atomic mass is 33.1. The van der Waals surface area contributed by atoms with Gasteiger partial charge in [0.2, 0.25) is 6.08 Å². The van der Waals surface area contributed by atoms with Crippen LogP contribution in [0.1, 0.15) is 0 Å². The molecule has 6 heteroatoms. The van der Waals surface area contributed by atoms with Crippen LogP contribution in [0.5, 0.6) is 0 Å². The molecule has 0 radical (unpaired) electrons. The number of hydrogen-bond donors (Lipinski definition) is 0. The Labute approximate surface area is 73.0 Å². The van der Waals surface area contributed by atoms with Gasteiger partial charge in [-0.1, -0.05) is 0 Å². The maximum atomic E-state index is 9.68. The maximum absolute atomic E-state index is 9.68. The standard InChI is InChI=1S/C5H8N2O2S2/c8-5-6-10-11-7-1-3-9-4-2-7/h1-4H2. The second-order valence-electron chi connectivity index (χ2n) is 1.87. The first-order chi connectivity index (χ1) is 5.43. The lowest BCUT2D eigenvalue weighted by molar-refractivity contribution is 0.0779. The van der Waals surface area contributed by atoms with Crippen LogP contribution in [0.4, 0.5) is 0 Å². The first kappa shape index (κ1) is 9.09. The van der Waals surface area contributed by atoms with E-state index in [2.05, 4.69) is 8.70 Å². The van der Waals surface area contributed by atoms with Crippen molar-refractivity contribution >= 4 is 28.0 Å². The molecule has 0 aromatic rings. The Hall–Kier alpha value is -0.000000000000000153. The lowest BCUT2D eigenvalue weighted by Crippen LogP contribution is -2.30. The third kappa shape index (κ3) is 3.79. The Morgan fingerprint density at radius 2 is 2.18 bits per heavy atom. The minimum atomic E-state index is 0.762. The summed E-state index contributed by atoms with van der Waals surface area (Å²) in [4.78, 5) is 9.68. The number of isocyanates is 1. The van der Waals surface area contributed by atoms with E-state index < -0.39 is 0 Å². The number of morpholine rings is 1. The van der Waals surface area contributed by atoms with Crippen molar-refractivity contribution in [2.45, 2.75) is 0 Å². The predicted molar refractivity (Wildman–Crippen MR) is 45.7 cm³/mol. The van der Waals surface area contributed by atoms with Crippen molar-refractivity contribution in [1.82, 2.24) is 4.31 Å². The highest BCUT2D eigenvalue weighted by molar-refractivity contribution is 8.75. The maximum Gasteiger partial charge on any atom is 0.248 e. The van der Waals surface area contributed by atoms with Crippen LogP contribution in [0, 0.1) is 0 Å². The Bertz CT molecular complexity index is 155. The number of carbonyl (C=O) groups excluding carboxylic acids is 1. The van der Waals surface area contributed by atoms with Crippen molar-refractivity contribution in [1.29, 1.82) is 0 Å². The fourth-order valence-electron chi connectivity index (χ4n) is 0.700. The molecule has 1 fully saturated rings. The minimum absolute atomic E-state index is 0.762. The molecule has 1 rings (SSSR count). The van der Waals surface area contributed by atoms with Crippen molar-refractivity contribution in [3.05, 3.63) is 0 Å². The highest BCUT2D eigenvalue weighted by Gasteiger charge is 2.10. The molecule has 1 aliphatic rings. The van der Waals surface area contributed by atoms with Crippen LogP contribution in [0.25, 0.3) is 0 Å². The quantitative estimate of drug-likeness (QED) is 0.287. The SMILES string of the molecule is O=C=NSSN1CCOCC1. The molecule has 0 aliphatic carbocycles. The van der Waals surface area contributed by atoms with E-state index in [9.17, 15) is 4.79 Å². The van der Waals surface area contributed by atoms with E-state index >= 15 is 0 Å². The fraction of sp³-hybridized carbons (Fsp3) is 0.800. The summed E-state index contributed by atoms with van der Waals surface area (Å²) >= 11 is 0. The molecule has 0 spiro atoms. The van der Waals surface area contributed by atoms with E-state index in [4.69, 9.17) is 4.74 Å². The topological polar surface area (TPSA) is 41.9 Å². The van der Waals surface area contributed by atoms with Gasteiger partial charge in [-0.15, -0.1) is 4.40 Å². The molecule has 0 saturated carbocycles. The van der Waals surface area contributed by atoms with Crippen LogP contribution < -0.4 is 0 Å². The first-order valence-electron chi connectivity index (χ1n) is 3.17. The van der Waals surface area contributed by atoms with Crippen molar-refractivity contribution in [2.24, 2.45) is 4.40 Å². The van der Waals surface area contributed by atoms with E-state index in [1.165, 1.54) is 17.1 Å². The molecule has 0 aromatic carbocycles. The number of ether oxygens (including phenoxy) is 1. The average Bonchev–Trinajstić information content (AvgIpc) is 2.07. The zero-order valence-electron chi connectivity index (χ0n) is 5.86. The Kier molecular flexibility index (Phi) is 4.65. The molecule has 1 aliphatic heterocycles. The molecular weight excluding hydrogens is 184 g/mol. The van der Waals surface area contributed by atoms with E-state index in [1.54, 1.807) is 0 Å². The molecule has 1 saturated heterocycles. The smallest absolute Gasteiger partial charge is 0.248 e. The summed E-state index contributed by atoms with van der Waals surface area (Å²) in [7, 11) is 2.61. The molecule has 1 heterocycles. The van der Waals surface area contributed by atoms with Gasteiger partial charge in [-0.25, -0.2) is 9.10 Å². The van der Waals surface area contributed by atoms with Crippen molar-refractivity contribution in [3.63, 3.8) is 0 Å². The second kappa shape index (κ2) is 5.62. The van der Waals surface area contributed by atoms with Gasteiger partial charge in [0.1, 0.15) is 0 Å². The third-order valence-electron chi connectivity index (χ3n) is 1.18. The molecule has 0 bridgehead atoms. The summed E-state index contributed by atoms with van der Waals surface area (Å²) in [6.45, 7) is 3.31. The molecule has 0 amide bonds. The van der Waals surface area contributed by atoms with Gasteiger partial charge in [0.15, 0.2) is 0 Å². The predicted octanol–water partition coefficient (Wildman–Crippen LogP) is 0.866. The van der Waals surface area contributed by atoms with Gasteiger partial charge >= 0.3 is 0 Å². The summed E-state index contributed by atoms with van der Waals surface area (Å²) in [5.41, 5.74) is 0. The van der Waals surface area contributed by atoms with Crippen LogP contribution in [0.15, 0.2) is 4.40 Å². The zero-order chi connectivity index (χ0) is 7.94. The average molecular weight is 192 g/mol. The molecule has 11 heavy (non-hydrogen) atoms. The molecule has 0 N–H and O–H groups in total. The lowest BCUT2D eigenvalue weighted by Gasteiger charge is -2.23. The zero-order valence-corrected chi connectivity index (χ0v) is 7.49. The Morgan fingerprint density at radius 3 is 2.82 bits per heavy atom. The summed E-state index contributed by atoms with van der Waals surface area (Å²) in [6.07, 6.45) is 1.47. The van der Waals surface area contributed by atoms with E-state index in [0.29, 0.717) is 0 Å². The van der Waals surface area contributed by atoms with Gasteiger partial charge in [0.25, 0.3) is 0 Å². The highest BCUT2D eigenvalue weighted by Crippen LogP contribution is 2.26. The molecular formula is C5H8N2O2S2. The second-order valence-corrected chi connectivity index (χ2v) is 3.76. The minimum Gasteiger partial charge on any atom is -0.379 e. The van der Waals surface area contributed by atoms with Crippen molar-refractivity contribution in [3.8, 4) is 0 Å². The molecule has 0 unspecified atom stereocenters. The van der Waals surface area contributed by atoms with Gasteiger partial charge < -0.3 is 4.74 Å². The summed E-state index contributed by atoms with van der Waals surface area (Å²) in [5, 5.41) is 0. The molecule has 4 nitrogen and oxygen atoms in total. The monoisotopic (exact) mass is 192 g/mol. The number of hydrogen-bond acceptors (Lipinski definition) is 6. The van der Waals surface area contributed by atoms with E-state index in [0.717, 1.165) is 37.3 Å². The van der Waals surface area contributed by atoms with E-state index in [-0.39, 0.29) is 0 Å². The number of rotatable bonds is 3. The number of nitrogens with zero attached hydrogens (tertiary/aromatic N) is 2. The normalized spacial score (nSPS) is 19.3. The fourth-order valence-corrected chi connectivity index (χ4v) is 2.08. The summed E-state index contributed by atoms with van der Waals surface area (Å²) in [6, 6.07) is 0. The molecule has 0 aromatic heterocycles. The van der Waals surface area contributed by atoms with Crippen LogP contribution in [-0.2, 0) is 9.53 Å². The summed E-state index contributed by atoms with van der Waals surface area (Å²) < 4.78 is 10.6. The Morgan fingerprint density at radius 1 is 1.45 bits per heavy atom. The van der Waals surface area contributed by atoms with Crippen LogP contribution >= 0.6 is 22.0 Å². The molecule has 0 atom stereocenters. The first-order valence-corrected chi connectivity index (χ1v) is 5.23. The van der Waals surface area contributed by atoms with Gasteiger partial charge in [-0.05, 0) is 0 Å². The van der Waals surface area contributed by atoms with Gasteiger partial charge in [0, 0.05) is 24.1 Å². The van der Waals surface area contributed by atoms with E-state index in [1.807, 2.05) is 0 Å². The van der Waals surface area contributed by atoms with Crippen molar-refractivity contribution < 1.29 is 9.53 Å². The van der Waals surface area contributed by atoms with Crippen molar-refractivity contribution in [2.75, 3.05) is 26.3 Å². The lowest BCUT2D eigenvalue weighted by atomic mass is 10.5. The van der Waals surface area contributed by atoms with Gasteiger partial charge in [-0.3, -0.25) is 0 Å². The van der Waals surface area contributed by atoms with Crippen LogP contribution in [0.2, 0.25) is 0 Å². The Balaban J connectivity index is 2.09. The summed E-state index contributed by atoms with van der Waals surface area (Å²) in [5.74, 6) is 0. The van der Waals surface area contributed by atoms with Crippen LogP contribution in [-0.4, -0.2) is 36.7 Å². The van der Waals surface area contributed by atoms with Crippen LogP contribution in [0.3, 0.4) is 0 Å². The molecule has 62 valence electrons.